The van der Waals surface area contributed by atoms with Crippen molar-refractivity contribution < 1.29 is 14.3 Å². The van der Waals surface area contributed by atoms with E-state index in [1.165, 1.54) is 6.08 Å². The molecule has 2 aromatic rings. The SMILES string of the molecule is COc1ccc(OC)c(/C=C/C(=O)NC(C)c2ccccc2Cl)c1. The number of nitrogens with one attached hydrogen (secondary N) is 1. The van der Waals surface area contributed by atoms with Crippen molar-refractivity contribution >= 4 is 23.6 Å². The summed E-state index contributed by atoms with van der Waals surface area (Å²) in [7, 11) is 3.17. The molecule has 0 bridgehead atoms. The van der Waals surface area contributed by atoms with Gasteiger partial charge >= 0.3 is 0 Å². The third kappa shape index (κ3) is 4.52. The molecule has 0 aliphatic rings. The Labute approximate surface area is 147 Å². The van der Waals surface area contributed by atoms with Gasteiger partial charge in [-0.25, -0.2) is 0 Å². The van der Waals surface area contributed by atoms with Gasteiger partial charge in [-0.2, -0.15) is 0 Å². The summed E-state index contributed by atoms with van der Waals surface area (Å²) in [4.78, 5) is 12.2. The Bertz CT molecular complexity index is 743. The van der Waals surface area contributed by atoms with Gasteiger partial charge in [-0.1, -0.05) is 29.8 Å². The number of ether oxygens (including phenoxy) is 2. The van der Waals surface area contributed by atoms with E-state index in [2.05, 4.69) is 5.32 Å². The van der Waals surface area contributed by atoms with E-state index in [1.807, 2.05) is 25.1 Å². The van der Waals surface area contributed by atoms with Crippen LogP contribution in [-0.4, -0.2) is 20.1 Å². The minimum Gasteiger partial charge on any atom is -0.497 e. The molecule has 126 valence electrons. The molecule has 0 fully saturated rings. The summed E-state index contributed by atoms with van der Waals surface area (Å²) in [6.07, 6.45) is 3.15. The second kappa shape index (κ2) is 8.41. The molecule has 0 radical (unpaired) electrons. The van der Waals surface area contributed by atoms with Gasteiger partial charge in [0, 0.05) is 16.7 Å². The van der Waals surface area contributed by atoms with Crippen LogP contribution in [0, 0.1) is 0 Å². The summed E-state index contributed by atoms with van der Waals surface area (Å²) in [5.41, 5.74) is 1.64. The summed E-state index contributed by atoms with van der Waals surface area (Å²) in [6.45, 7) is 1.89. The van der Waals surface area contributed by atoms with Gasteiger partial charge < -0.3 is 14.8 Å². The Morgan fingerprint density at radius 3 is 2.58 bits per heavy atom. The highest BCUT2D eigenvalue weighted by atomic mass is 35.5. The van der Waals surface area contributed by atoms with Crippen LogP contribution in [0.25, 0.3) is 6.08 Å². The van der Waals surface area contributed by atoms with Crippen molar-refractivity contribution in [2.24, 2.45) is 0 Å². The van der Waals surface area contributed by atoms with Gasteiger partial charge in [-0.3, -0.25) is 4.79 Å². The fourth-order valence-corrected chi connectivity index (χ4v) is 2.60. The monoisotopic (exact) mass is 345 g/mol. The zero-order chi connectivity index (χ0) is 17.5. The molecule has 1 amide bonds. The Morgan fingerprint density at radius 1 is 1.17 bits per heavy atom. The first kappa shape index (κ1) is 17.9. The normalized spacial score (nSPS) is 12.0. The molecule has 0 spiro atoms. The first-order valence-corrected chi connectivity index (χ1v) is 7.88. The van der Waals surface area contributed by atoms with Crippen molar-refractivity contribution in [2.75, 3.05) is 14.2 Å². The van der Waals surface area contributed by atoms with E-state index in [1.54, 1.807) is 44.6 Å². The maximum atomic E-state index is 12.2. The number of carbonyl (C=O) groups is 1. The minimum absolute atomic E-state index is 0.192. The zero-order valence-electron chi connectivity index (χ0n) is 13.9. The zero-order valence-corrected chi connectivity index (χ0v) is 14.6. The number of benzene rings is 2. The highest BCUT2D eigenvalue weighted by Crippen LogP contribution is 2.25. The highest BCUT2D eigenvalue weighted by Gasteiger charge is 2.10. The molecule has 0 aliphatic heterocycles. The van der Waals surface area contributed by atoms with E-state index in [9.17, 15) is 4.79 Å². The van der Waals surface area contributed by atoms with Gasteiger partial charge in [0.25, 0.3) is 0 Å². The fourth-order valence-electron chi connectivity index (χ4n) is 2.30. The fraction of sp³-hybridized carbons (Fsp3) is 0.211. The van der Waals surface area contributed by atoms with Crippen molar-refractivity contribution in [3.8, 4) is 11.5 Å². The van der Waals surface area contributed by atoms with Crippen LogP contribution in [-0.2, 0) is 4.79 Å². The Kier molecular flexibility index (Phi) is 6.27. The van der Waals surface area contributed by atoms with Gasteiger partial charge in [-0.15, -0.1) is 0 Å². The van der Waals surface area contributed by atoms with Gasteiger partial charge in [0.1, 0.15) is 11.5 Å². The third-order valence-electron chi connectivity index (χ3n) is 3.58. The van der Waals surface area contributed by atoms with E-state index in [4.69, 9.17) is 21.1 Å². The number of hydrogen-bond donors (Lipinski definition) is 1. The van der Waals surface area contributed by atoms with Crippen molar-refractivity contribution in [2.45, 2.75) is 13.0 Å². The lowest BCUT2D eigenvalue weighted by atomic mass is 10.1. The number of halogens is 1. The Hall–Kier alpha value is -2.46. The highest BCUT2D eigenvalue weighted by molar-refractivity contribution is 6.31. The second-order valence-corrected chi connectivity index (χ2v) is 5.60. The van der Waals surface area contributed by atoms with Crippen LogP contribution in [0.3, 0.4) is 0 Å². The van der Waals surface area contributed by atoms with E-state index in [0.29, 0.717) is 16.5 Å². The van der Waals surface area contributed by atoms with E-state index >= 15 is 0 Å². The van der Waals surface area contributed by atoms with Crippen molar-refractivity contribution in [1.29, 1.82) is 0 Å². The molecule has 4 nitrogen and oxygen atoms in total. The molecule has 0 heterocycles. The van der Waals surface area contributed by atoms with Gasteiger partial charge in [-0.05, 0) is 42.8 Å². The quantitative estimate of drug-likeness (QED) is 0.796. The average Bonchev–Trinajstić information content (AvgIpc) is 2.59. The second-order valence-electron chi connectivity index (χ2n) is 5.19. The van der Waals surface area contributed by atoms with Crippen LogP contribution in [0.1, 0.15) is 24.1 Å². The van der Waals surface area contributed by atoms with Crippen LogP contribution in [0.2, 0.25) is 5.02 Å². The molecule has 1 atom stereocenters. The smallest absolute Gasteiger partial charge is 0.244 e. The molecular formula is C19H20ClNO3. The molecule has 0 saturated carbocycles. The summed E-state index contributed by atoms with van der Waals surface area (Å²) in [5.74, 6) is 1.14. The van der Waals surface area contributed by atoms with Crippen LogP contribution in [0.15, 0.2) is 48.5 Å². The first-order chi connectivity index (χ1) is 11.5. The third-order valence-corrected chi connectivity index (χ3v) is 3.93. The van der Waals surface area contributed by atoms with Crippen LogP contribution >= 0.6 is 11.6 Å². The molecule has 1 N–H and O–H groups in total. The molecule has 24 heavy (non-hydrogen) atoms. The summed E-state index contributed by atoms with van der Waals surface area (Å²) >= 11 is 6.15. The maximum Gasteiger partial charge on any atom is 0.244 e. The van der Waals surface area contributed by atoms with Crippen LogP contribution in [0.4, 0.5) is 0 Å². The first-order valence-electron chi connectivity index (χ1n) is 7.50. The Balaban J connectivity index is 2.09. The summed E-state index contributed by atoms with van der Waals surface area (Å²) in [5, 5.41) is 3.52. The lowest BCUT2D eigenvalue weighted by Gasteiger charge is -2.14. The van der Waals surface area contributed by atoms with Crippen LogP contribution in [0.5, 0.6) is 11.5 Å². The molecule has 2 aromatic carbocycles. The summed E-state index contributed by atoms with van der Waals surface area (Å²) < 4.78 is 10.5. The standard InChI is InChI=1S/C19H20ClNO3/c1-13(16-6-4-5-7-17(16)20)21-19(22)11-8-14-12-15(23-2)9-10-18(14)24-3/h4-13H,1-3H3,(H,21,22)/b11-8+. The van der Waals surface area contributed by atoms with E-state index in [0.717, 1.165) is 11.1 Å². The summed E-state index contributed by atoms with van der Waals surface area (Å²) in [6, 6.07) is 12.6. The number of methoxy groups -OCH3 is 2. The van der Waals surface area contributed by atoms with Gasteiger partial charge in [0.05, 0.1) is 20.3 Å². The van der Waals surface area contributed by atoms with E-state index in [-0.39, 0.29) is 11.9 Å². The minimum atomic E-state index is -0.215. The molecule has 5 heteroatoms. The predicted molar refractivity (Wildman–Crippen MR) is 96.6 cm³/mol. The number of amides is 1. The van der Waals surface area contributed by atoms with Crippen molar-refractivity contribution in [3.63, 3.8) is 0 Å². The van der Waals surface area contributed by atoms with Crippen molar-refractivity contribution in [1.82, 2.24) is 5.32 Å². The maximum absolute atomic E-state index is 12.2. The molecule has 1 unspecified atom stereocenters. The molecular weight excluding hydrogens is 326 g/mol. The number of carbonyl (C=O) groups excluding carboxylic acids is 1. The average molecular weight is 346 g/mol. The lowest BCUT2D eigenvalue weighted by molar-refractivity contribution is -0.117. The van der Waals surface area contributed by atoms with E-state index < -0.39 is 0 Å². The van der Waals surface area contributed by atoms with Gasteiger partial charge in [0.15, 0.2) is 0 Å². The largest absolute Gasteiger partial charge is 0.497 e. The molecule has 0 aromatic heterocycles. The molecule has 0 aliphatic carbocycles. The Morgan fingerprint density at radius 2 is 1.92 bits per heavy atom. The van der Waals surface area contributed by atoms with Crippen LogP contribution < -0.4 is 14.8 Å². The topological polar surface area (TPSA) is 47.6 Å². The van der Waals surface area contributed by atoms with Gasteiger partial charge in [0.2, 0.25) is 5.91 Å². The molecule has 2 rings (SSSR count). The predicted octanol–water partition coefficient (Wildman–Crippen LogP) is 4.25. The number of rotatable bonds is 6. The lowest BCUT2D eigenvalue weighted by Crippen LogP contribution is -2.24. The van der Waals surface area contributed by atoms with Crippen molar-refractivity contribution in [3.05, 3.63) is 64.7 Å². The molecule has 0 saturated heterocycles. The number of hydrogen-bond acceptors (Lipinski definition) is 3.